The lowest BCUT2D eigenvalue weighted by molar-refractivity contribution is -0.138. The first kappa shape index (κ1) is 38.3. The molecule has 2 aliphatic heterocycles. The summed E-state index contributed by atoms with van der Waals surface area (Å²) in [6.07, 6.45) is 3.62. The van der Waals surface area contributed by atoms with Crippen LogP contribution in [0.4, 0.5) is 4.79 Å². The van der Waals surface area contributed by atoms with Crippen molar-refractivity contribution in [3.8, 4) is 11.8 Å². The molecule has 0 spiro atoms. The van der Waals surface area contributed by atoms with E-state index in [1.807, 2.05) is 74.2 Å². The summed E-state index contributed by atoms with van der Waals surface area (Å²) in [5, 5.41) is 7.26. The maximum absolute atomic E-state index is 14.2. The predicted molar refractivity (Wildman–Crippen MR) is 211 cm³/mol. The third-order valence-electron chi connectivity index (χ3n) is 11.2. The van der Waals surface area contributed by atoms with Gasteiger partial charge in [0.1, 0.15) is 17.7 Å². The third kappa shape index (κ3) is 8.04. The number of ether oxygens (including phenoxy) is 2. The van der Waals surface area contributed by atoms with Crippen LogP contribution in [0.1, 0.15) is 81.7 Å². The zero-order valence-electron chi connectivity index (χ0n) is 32.2. The lowest BCUT2D eigenvalue weighted by Crippen LogP contribution is -2.54. The van der Waals surface area contributed by atoms with Crippen LogP contribution in [-0.2, 0) is 30.4 Å². The summed E-state index contributed by atoms with van der Waals surface area (Å²) < 4.78 is 10.4. The van der Waals surface area contributed by atoms with E-state index in [9.17, 15) is 19.2 Å². The molecule has 4 amide bonds. The van der Waals surface area contributed by atoms with E-state index in [4.69, 9.17) is 19.4 Å². The van der Waals surface area contributed by atoms with E-state index in [-0.39, 0.29) is 42.4 Å². The molecule has 14 nitrogen and oxygen atoms in total. The molecule has 56 heavy (non-hydrogen) atoms. The van der Waals surface area contributed by atoms with Gasteiger partial charge >= 0.3 is 6.09 Å². The van der Waals surface area contributed by atoms with Gasteiger partial charge in [0.05, 0.1) is 48.3 Å². The molecule has 2 aromatic heterocycles. The fourth-order valence-corrected chi connectivity index (χ4v) is 7.92. The van der Waals surface area contributed by atoms with Crippen LogP contribution in [0.5, 0.6) is 0 Å². The Bertz CT molecular complexity index is 2320. The topological polar surface area (TPSA) is 175 Å². The minimum Gasteiger partial charge on any atom is -0.453 e. The van der Waals surface area contributed by atoms with E-state index in [1.165, 1.54) is 7.11 Å². The highest BCUT2D eigenvalue weighted by molar-refractivity contribution is 6.04. The number of nitrogens with zero attached hydrogens (tertiary/aromatic N) is 4. The molecule has 0 radical (unpaired) electrons. The van der Waals surface area contributed by atoms with Crippen molar-refractivity contribution in [2.45, 2.75) is 83.6 Å². The molecular formula is C42H48N8O6. The van der Waals surface area contributed by atoms with Gasteiger partial charge in [0.25, 0.3) is 0 Å². The lowest BCUT2D eigenvalue weighted by Gasteiger charge is -2.36. The van der Waals surface area contributed by atoms with Crippen LogP contribution >= 0.6 is 0 Å². The van der Waals surface area contributed by atoms with Crippen LogP contribution in [0.15, 0.2) is 48.5 Å². The molecule has 2 fully saturated rings. The second kappa shape index (κ2) is 16.8. The van der Waals surface area contributed by atoms with E-state index >= 15 is 0 Å². The molecule has 2 saturated heterocycles. The van der Waals surface area contributed by atoms with Crippen LogP contribution in [0.2, 0.25) is 0 Å². The minimum atomic E-state index is -0.709. The summed E-state index contributed by atoms with van der Waals surface area (Å²) in [6, 6.07) is 14.9. The van der Waals surface area contributed by atoms with E-state index in [1.54, 1.807) is 4.90 Å². The lowest BCUT2D eigenvalue weighted by atomic mass is 9.90. The van der Waals surface area contributed by atoms with E-state index in [2.05, 4.69) is 32.4 Å². The van der Waals surface area contributed by atoms with Crippen LogP contribution in [-0.4, -0.2) is 99.0 Å². The smallest absolute Gasteiger partial charge is 0.407 e. The number of alkyl carbamates (subject to hydrolysis) is 1. The van der Waals surface area contributed by atoms with Crippen molar-refractivity contribution >= 4 is 57.2 Å². The first-order valence-corrected chi connectivity index (χ1v) is 19.3. The van der Waals surface area contributed by atoms with Gasteiger partial charge in [-0.15, -0.1) is 0 Å². The zero-order chi connectivity index (χ0) is 39.3. The summed E-state index contributed by atoms with van der Waals surface area (Å²) in [6.45, 7) is 7.38. The molecule has 3 aromatic carbocycles. The third-order valence-corrected chi connectivity index (χ3v) is 11.2. The van der Waals surface area contributed by atoms with Crippen molar-refractivity contribution in [3.05, 3.63) is 71.3 Å². The average Bonchev–Trinajstić information content (AvgIpc) is 3.95. The van der Waals surface area contributed by atoms with Gasteiger partial charge in [0, 0.05) is 41.8 Å². The summed E-state index contributed by atoms with van der Waals surface area (Å²) in [4.78, 5) is 70.3. The number of hydrogen-bond acceptors (Lipinski definition) is 8. The summed E-state index contributed by atoms with van der Waals surface area (Å²) in [5.74, 6) is 7.62. The molecule has 0 bridgehead atoms. The van der Waals surface area contributed by atoms with Crippen LogP contribution in [0.25, 0.3) is 32.8 Å². The van der Waals surface area contributed by atoms with E-state index in [0.717, 1.165) is 69.1 Å². The SMILES string of the molecule is CC[C@H](C)N(Cc1nc2ccc(C#Cc3ccc4c(ccc5[nH]c([C@@H]6CC[C@H](C)N6C(=O)C(NC(=O)OC)C6CCOCC6)nc54)c3)cc2[nH]1)C(=O)CNC=O. The Labute approximate surface area is 325 Å². The standard InChI is InChI=1S/C42H48N8O6/c1-5-25(2)49(37(52)22-43-24-51)23-36-44-32-13-10-28(21-34(32)45-36)8-7-27-9-12-31-30(20-27)11-14-33-39(31)47-40(46-33)35-15-6-26(3)50(35)41(53)38(48-42(54)55-4)29-16-18-56-19-17-29/h9-14,20-21,24-26,29,35,38H,5-6,15-19,22-23H2,1-4H3,(H,43,51)(H,44,45)(H,46,47)(H,48,54)/t25-,26-,35-,38?/m0/s1. The summed E-state index contributed by atoms with van der Waals surface area (Å²) in [5.41, 5.74) is 4.97. The molecule has 14 heteroatoms. The van der Waals surface area contributed by atoms with Crippen molar-refractivity contribution in [2.75, 3.05) is 26.9 Å². The largest absolute Gasteiger partial charge is 0.453 e. The van der Waals surface area contributed by atoms with Crippen LogP contribution < -0.4 is 10.6 Å². The number of likely N-dealkylation sites (tertiary alicyclic amines) is 1. The normalized spacial score (nSPS) is 18.3. The minimum absolute atomic E-state index is 0.0191. The number of nitrogens with one attached hydrogen (secondary N) is 4. The number of carbonyl (C=O) groups is 4. The van der Waals surface area contributed by atoms with Crippen molar-refractivity contribution in [2.24, 2.45) is 5.92 Å². The first-order chi connectivity index (χ1) is 27.2. The van der Waals surface area contributed by atoms with Crippen molar-refractivity contribution in [1.82, 2.24) is 40.4 Å². The molecule has 1 unspecified atom stereocenters. The average molecular weight is 761 g/mol. The van der Waals surface area contributed by atoms with Gasteiger partial charge in [-0.3, -0.25) is 14.4 Å². The van der Waals surface area contributed by atoms with Gasteiger partial charge in [-0.25, -0.2) is 14.8 Å². The molecular weight excluding hydrogens is 713 g/mol. The van der Waals surface area contributed by atoms with Crippen LogP contribution in [0, 0.1) is 17.8 Å². The van der Waals surface area contributed by atoms with Gasteiger partial charge in [-0.1, -0.05) is 30.9 Å². The van der Waals surface area contributed by atoms with Gasteiger partial charge in [-0.05, 0) is 93.7 Å². The maximum atomic E-state index is 14.2. The maximum Gasteiger partial charge on any atom is 0.407 e. The quantitative estimate of drug-likeness (QED) is 0.107. The van der Waals surface area contributed by atoms with Gasteiger partial charge in [0.15, 0.2) is 0 Å². The Kier molecular flexibility index (Phi) is 11.5. The van der Waals surface area contributed by atoms with Gasteiger partial charge in [0.2, 0.25) is 18.2 Å². The highest BCUT2D eigenvalue weighted by atomic mass is 16.5. The number of rotatable bonds is 11. The summed E-state index contributed by atoms with van der Waals surface area (Å²) >= 11 is 0. The molecule has 292 valence electrons. The molecule has 2 aliphatic rings. The second-order valence-corrected chi connectivity index (χ2v) is 14.7. The van der Waals surface area contributed by atoms with E-state index < -0.39 is 12.1 Å². The van der Waals surface area contributed by atoms with Crippen molar-refractivity contribution in [3.63, 3.8) is 0 Å². The number of carbonyl (C=O) groups excluding carboxylic acids is 4. The monoisotopic (exact) mass is 760 g/mol. The first-order valence-electron chi connectivity index (χ1n) is 19.3. The molecule has 0 aliphatic carbocycles. The Morgan fingerprint density at radius 1 is 1.02 bits per heavy atom. The van der Waals surface area contributed by atoms with Gasteiger partial charge in [-0.2, -0.15) is 0 Å². The number of aromatic nitrogens is 4. The molecule has 4 heterocycles. The second-order valence-electron chi connectivity index (χ2n) is 14.7. The van der Waals surface area contributed by atoms with Crippen LogP contribution in [0.3, 0.4) is 0 Å². The molecule has 4 N–H and O–H groups in total. The Morgan fingerprint density at radius 3 is 2.54 bits per heavy atom. The number of H-pyrrole nitrogens is 2. The molecule has 4 atom stereocenters. The highest BCUT2D eigenvalue weighted by Crippen LogP contribution is 2.38. The van der Waals surface area contributed by atoms with Crippen molar-refractivity contribution in [1.29, 1.82) is 0 Å². The highest BCUT2D eigenvalue weighted by Gasteiger charge is 2.43. The summed E-state index contributed by atoms with van der Waals surface area (Å²) in [7, 11) is 1.31. The number of methoxy groups -OCH3 is 1. The Hall–Kier alpha value is -5.94. The van der Waals surface area contributed by atoms with Gasteiger partial charge < -0.3 is 39.9 Å². The number of fused-ring (bicyclic) bond motifs is 4. The fourth-order valence-electron chi connectivity index (χ4n) is 7.92. The zero-order valence-corrected chi connectivity index (χ0v) is 32.2. The molecule has 7 rings (SSSR count). The fraction of sp³-hybridized carbons (Fsp3) is 0.429. The molecule has 5 aromatic rings. The Balaban J connectivity index is 1.10. The number of imidazole rings is 2. The Morgan fingerprint density at radius 2 is 1.79 bits per heavy atom. The number of hydrogen-bond donors (Lipinski definition) is 4. The van der Waals surface area contributed by atoms with Crippen molar-refractivity contribution < 1.29 is 28.7 Å². The predicted octanol–water partition coefficient (Wildman–Crippen LogP) is 5.07. The van der Waals surface area contributed by atoms with E-state index in [0.29, 0.717) is 44.8 Å². The number of amides is 4. The number of benzene rings is 3. The number of aromatic amines is 2. The molecule has 0 saturated carbocycles.